The largest absolute Gasteiger partial charge is 0.490 e. The van der Waals surface area contributed by atoms with Gasteiger partial charge in [0.2, 0.25) is 0 Å². The van der Waals surface area contributed by atoms with E-state index in [0.717, 1.165) is 5.69 Å². The Balaban J connectivity index is 2.42. The second kappa shape index (κ2) is 2.97. The molecule has 1 aromatic carbocycles. The maximum Gasteiger partial charge on any atom is 0.319 e. The van der Waals surface area contributed by atoms with Crippen LogP contribution >= 0.6 is 0 Å². The second-order valence-electron chi connectivity index (χ2n) is 2.81. The molecule has 0 fully saturated rings. The molecule has 1 heterocycles. The molecule has 1 aliphatic heterocycles. The molecular formula is C9H10N2O2. The van der Waals surface area contributed by atoms with Gasteiger partial charge >= 0.3 is 6.03 Å². The molecule has 0 aliphatic carbocycles. The van der Waals surface area contributed by atoms with Crippen molar-refractivity contribution in [3.63, 3.8) is 0 Å². The quantitative estimate of drug-likeness (QED) is 0.643. The Kier molecular flexibility index (Phi) is 1.81. The van der Waals surface area contributed by atoms with E-state index >= 15 is 0 Å². The Hall–Kier alpha value is -1.71. The topological polar surface area (TPSA) is 55.6 Å². The van der Waals surface area contributed by atoms with E-state index in [4.69, 9.17) is 10.5 Å². The molecule has 0 saturated carbocycles. The Bertz CT molecular complexity index is 338. The maximum atomic E-state index is 11.0. The summed E-state index contributed by atoms with van der Waals surface area (Å²) in [4.78, 5) is 12.5. The lowest BCUT2D eigenvalue weighted by atomic mass is 10.2. The number of benzene rings is 1. The summed E-state index contributed by atoms with van der Waals surface area (Å²) in [5.74, 6) is 0.715. The highest BCUT2D eigenvalue weighted by Gasteiger charge is 2.20. The van der Waals surface area contributed by atoms with Gasteiger partial charge in [-0.2, -0.15) is 0 Å². The Morgan fingerprint density at radius 2 is 2.23 bits per heavy atom. The van der Waals surface area contributed by atoms with Crippen LogP contribution in [0.25, 0.3) is 0 Å². The number of rotatable bonds is 0. The van der Waals surface area contributed by atoms with Gasteiger partial charge in [0.05, 0.1) is 12.2 Å². The fourth-order valence-corrected chi connectivity index (χ4v) is 1.40. The third-order valence-electron chi connectivity index (χ3n) is 1.99. The lowest BCUT2D eigenvalue weighted by Gasteiger charge is -2.27. The lowest BCUT2D eigenvalue weighted by Crippen LogP contribution is -2.41. The molecule has 68 valence electrons. The number of para-hydroxylation sites is 2. The van der Waals surface area contributed by atoms with Gasteiger partial charge in [-0.25, -0.2) is 4.79 Å². The Morgan fingerprint density at radius 1 is 1.46 bits per heavy atom. The van der Waals surface area contributed by atoms with Crippen LogP contribution in [0, 0.1) is 0 Å². The average molecular weight is 178 g/mol. The predicted octanol–water partition coefficient (Wildman–Crippen LogP) is 0.964. The number of anilines is 1. The van der Waals surface area contributed by atoms with Crippen molar-refractivity contribution in [2.24, 2.45) is 5.73 Å². The summed E-state index contributed by atoms with van der Waals surface area (Å²) in [5, 5.41) is 0. The minimum absolute atomic E-state index is 0.434. The number of fused-ring (bicyclic) bond motifs is 1. The summed E-state index contributed by atoms with van der Waals surface area (Å²) in [6.45, 7) is 1.02. The van der Waals surface area contributed by atoms with Gasteiger partial charge in [0.1, 0.15) is 12.4 Å². The van der Waals surface area contributed by atoms with Crippen molar-refractivity contribution < 1.29 is 9.53 Å². The number of amides is 2. The molecule has 2 rings (SSSR count). The van der Waals surface area contributed by atoms with Crippen molar-refractivity contribution in [3.05, 3.63) is 24.3 Å². The third kappa shape index (κ3) is 1.30. The standard InChI is InChI=1S/C9H10N2O2/c10-9(12)11-5-6-13-8-4-2-1-3-7(8)11/h1-4H,5-6H2,(H2,10,12). The molecule has 0 bridgehead atoms. The molecule has 2 amide bonds. The molecule has 0 aromatic heterocycles. The van der Waals surface area contributed by atoms with E-state index in [2.05, 4.69) is 0 Å². The molecule has 4 heteroatoms. The van der Waals surface area contributed by atoms with Crippen LogP contribution in [0.15, 0.2) is 24.3 Å². The number of primary amides is 1. The third-order valence-corrected chi connectivity index (χ3v) is 1.99. The highest BCUT2D eigenvalue weighted by molar-refractivity contribution is 5.92. The molecule has 2 N–H and O–H groups in total. The van der Waals surface area contributed by atoms with Gasteiger partial charge < -0.3 is 10.5 Å². The summed E-state index contributed by atoms with van der Waals surface area (Å²) in [5.41, 5.74) is 5.96. The zero-order chi connectivity index (χ0) is 9.26. The summed E-state index contributed by atoms with van der Waals surface area (Å²) < 4.78 is 5.35. The summed E-state index contributed by atoms with van der Waals surface area (Å²) in [6.07, 6.45) is 0. The smallest absolute Gasteiger partial charge is 0.319 e. The first-order valence-electron chi connectivity index (χ1n) is 4.08. The fraction of sp³-hybridized carbons (Fsp3) is 0.222. The Morgan fingerprint density at radius 3 is 3.00 bits per heavy atom. The van der Waals surface area contributed by atoms with E-state index < -0.39 is 6.03 Å². The predicted molar refractivity (Wildman–Crippen MR) is 48.9 cm³/mol. The fourth-order valence-electron chi connectivity index (χ4n) is 1.40. The minimum Gasteiger partial charge on any atom is -0.490 e. The van der Waals surface area contributed by atoms with Crippen molar-refractivity contribution in [1.29, 1.82) is 0 Å². The molecule has 0 atom stereocenters. The number of hydrogen-bond donors (Lipinski definition) is 1. The highest BCUT2D eigenvalue weighted by atomic mass is 16.5. The van der Waals surface area contributed by atoms with Crippen LogP contribution in [0.5, 0.6) is 5.75 Å². The van der Waals surface area contributed by atoms with Crippen LogP contribution in [0.3, 0.4) is 0 Å². The molecule has 0 unspecified atom stereocenters. The molecule has 0 saturated heterocycles. The zero-order valence-corrected chi connectivity index (χ0v) is 7.06. The first-order valence-corrected chi connectivity index (χ1v) is 4.08. The number of nitrogens with zero attached hydrogens (tertiary/aromatic N) is 1. The normalized spacial score (nSPS) is 14.6. The van der Waals surface area contributed by atoms with Crippen LogP contribution in [0.1, 0.15) is 0 Å². The van der Waals surface area contributed by atoms with Crippen LogP contribution in [-0.4, -0.2) is 19.2 Å². The minimum atomic E-state index is -0.434. The number of carbonyl (C=O) groups excluding carboxylic acids is 1. The van der Waals surface area contributed by atoms with Gasteiger partial charge in [0.15, 0.2) is 0 Å². The summed E-state index contributed by atoms with van der Waals surface area (Å²) >= 11 is 0. The SMILES string of the molecule is NC(=O)N1CCOc2ccccc21. The number of ether oxygens (including phenoxy) is 1. The van der Waals surface area contributed by atoms with E-state index in [1.807, 2.05) is 24.3 Å². The number of hydrogen-bond acceptors (Lipinski definition) is 2. The zero-order valence-electron chi connectivity index (χ0n) is 7.06. The molecule has 13 heavy (non-hydrogen) atoms. The van der Waals surface area contributed by atoms with Crippen molar-refractivity contribution in [2.75, 3.05) is 18.1 Å². The van der Waals surface area contributed by atoms with Gasteiger partial charge in [0, 0.05) is 0 Å². The number of carbonyl (C=O) groups is 1. The summed E-state index contributed by atoms with van der Waals surface area (Å²) in [7, 11) is 0. The number of urea groups is 1. The molecule has 4 nitrogen and oxygen atoms in total. The number of nitrogens with two attached hydrogens (primary N) is 1. The van der Waals surface area contributed by atoms with E-state index in [9.17, 15) is 4.79 Å². The van der Waals surface area contributed by atoms with E-state index in [1.165, 1.54) is 4.90 Å². The average Bonchev–Trinajstić information content (AvgIpc) is 2.17. The van der Waals surface area contributed by atoms with Crippen molar-refractivity contribution in [1.82, 2.24) is 0 Å². The summed E-state index contributed by atoms with van der Waals surface area (Å²) in [6, 6.07) is 6.92. The van der Waals surface area contributed by atoms with E-state index in [-0.39, 0.29) is 0 Å². The van der Waals surface area contributed by atoms with Gasteiger partial charge in [-0.1, -0.05) is 12.1 Å². The van der Waals surface area contributed by atoms with E-state index in [0.29, 0.717) is 18.9 Å². The molecular weight excluding hydrogens is 168 g/mol. The molecule has 1 aliphatic rings. The second-order valence-corrected chi connectivity index (χ2v) is 2.81. The van der Waals surface area contributed by atoms with Crippen LogP contribution in [0.2, 0.25) is 0 Å². The van der Waals surface area contributed by atoms with Gasteiger partial charge in [-0.3, -0.25) is 4.90 Å². The van der Waals surface area contributed by atoms with Crippen LogP contribution < -0.4 is 15.4 Å². The van der Waals surface area contributed by atoms with Crippen molar-refractivity contribution >= 4 is 11.7 Å². The van der Waals surface area contributed by atoms with Crippen LogP contribution in [0.4, 0.5) is 10.5 Å². The molecule has 1 aromatic rings. The Labute approximate surface area is 75.9 Å². The first kappa shape index (κ1) is 7.91. The van der Waals surface area contributed by atoms with Gasteiger partial charge in [-0.05, 0) is 12.1 Å². The molecule has 0 spiro atoms. The van der Waals surface area contributed by atoms with Gasteiger partial charge in [-0.15, -0.1) is 0 Å². The van der Waals surface area contributed by atoms with Crippen molar-refractivity contribution in [3.8, 4) is 5.75 Å². The first-order chi connectivity index (χ1) is 6.29. The highest BCUT2D eigenvalue weighted by Crippen LogP contribution is 2.30. The van der Waals surface area contributed by atoms with Crippen LogP contribution in [-0.2, 0) is 0 Å². The van der Waals surface area contributed by atoms with Crippen molar-refractivity contribution in [2.45, 2.75) is 0 Å². The molecule has 0 radical (unpaired) electrons. The monoisotopic (exact) mass is 178 g/mol. The van der Waals surface area contributed by atoms with Gasteiger partial charge in [0.25, 0.3) is 0 Å². The lowest BCUT2D eigenvalue weighted by molar-refractivity contribution is 0.247. The van der Waals surface area contributed by atoms with E-state index in [1.54, 1.807) is 0 Å². The maximum absolute atomic E-state index is 11.0.